The molecule has 0 atom stereocenters. The summed E-state index contributed by atoms with van der Waals surface area (Å²) in [5, 5.41) is 3.29. The molecule has 1 aliphatic heterocycles. The van der Waals surface area contributed by atoms with Gasteiger partial charge in [-0.05, 0) is 64.9 Å². The molecule has 1 aliphatic carbocycles. The zero-order valence-corrected chi connectivity index (χ0v) is 26.6. The minimum Gasteiger partial charge on any atom is -0.494 e. The molecule has 11 nitrogen and oxygen atoms in total. The standard InChI is InChI=1S/C32H44N8O3/c1-19(2)43-30(41)21-17-34-31(36-24-15-22(33)25(16-27(24)42-8)39(7)13-12-38(5)6)37-29(21)40-18-32(3,4)28-26(40)14-20-10-9-11-23(20)35-28/h14-17,19H,9-13,18,33H2,1-8H3,(H,34,36,37). The molecule has 0 unspecified atom stereocenters. The number of ether oxygens (including phenoxy) is 2. The van der Waals surface area contributed by atoms with Crippen molar-refractivity contribution in [2.24, 2.45) is 0 Å². The summed E-state index contributed by atoms with van der Waals surface area (Å²) in [6.45, 7) is 10.3. The second kappa shape index (κ2) is 11.9. The van der Waals surface area contributed by atoms with Crippen LogP contribution in [0.25, 0.3) is 0 Å². The van der Waals surface area contributed by atoms with Gasteiger partial charge in [0.15, 0.2) is 5.82 Å². The molecule has 0 saturated carbocycles. The van der Waals surface area contributed by atoms with Crippen molar-refractivity contribution in [3.05, 3.63) is 46.9 Å². The summed E-state index contributed by atoms with van der Waals surface area (Å²) >= 11 is 0. The highest BCUT2D eigenvalue weighted by Crippen LogP contribution is 2.46. The van der Waals surface area contributed by atoms with E-state index < -0.39 is 5.97 Å². The summed E-state index contributed by atoms with van der Waals surface area (Å²) in [6.07, 6.45) is 4.35. The van der Waals surface area contributed by atoms with E-state index in [1.165, 1.54) is 17.5 Å². The summed E-state index contributed by atoms with van der Waals surface area (Å²) < 4.78 is 11.3. The van der Waals surface area contributed by atoms with Gasteiger partial charge >= 0.3 is 5.97 Å². The predicted molar refractivity (Wildman–Crippen MR) is 171 cm³/mol. The lowest BCUT2D eigenvalue weighted by molar-refractivity contribution is 0.0378. The van der Waals surface area contributed by atoms with Crippen LogP contribution >= 0.6 is 0 Å². The monoisotopic (exact) mass is 588 g/mol. The number of likely N-dealkylation sites (N-methyl/N-ethyl adjacent to an activating group) is 2. The Labute approximate surface area is 254 Å². The number of esters is 1. The van der Waals surface area contributed by atoms with Crippen molar-refractivity contribution >= 4 is 40.5 Å². The van der Waals surface area contributed by atoms with Crippen molar-refractivity contribution in [2.45, 2.75) is 58.5 Å². The van der Waals surface area contributed by atoms with Crippen LogP contribution in [-0.2, 0) is 23.0 Å². The van der Waals surface area contributed by atoms with Crippen molar-refractivity contribution in [3.63, 3.8) is 0 Å². The SMILES string of the molecule is COc1cc(N(C)CCN(C)C)c(N)cc1Nc1ncc(C(=O)OC(C)C)c(N2CC(C)(C)c3nc4c(cc32)CCC4)n1. The molecule has 0 fully saturated rings. The number of benzene rings is 1. The van der Waals surface area contributed by atoms with E-state index in [0.29, 0.717) is 41.0 Å². The van der Waals surface area contributed by atoms with Crippen LogP contribution in [0.4, 0.5) is 34.5 Å². The van der Waals surface area contributed by atoms with Gasteiger partial charge < -0.3 is 35.2 Å². The average molecular weight is 589 g/mol. The fourth-order valence-electron chi connectivity index (χ4n) is 5.74. The number of pyridine rings is 1. The Kier molecular flexibility index (Phi) is 8.38. The van der Waals surface area contributed by atoms with Gasteiger partial charge in [-0.15, -0.1) is 0 Å². The molecule has 0 amide bonds. The summed E-state index contributed by atoms with van der Waals surface area (Å²) in [5.74, 6) is 0.912. The Bertz CT molecular complexity index is 1520. The first-order valence-corrected chi connectivity index (χ1v) is 14.9. The largest absolute Gasteiger partial charge is 0.494 e. The van der Waals surface area contributed by atoms with E-state index in [1.54, 1.807) is 7.11 Å². The molecule has 0 radical (unpaired) electrons. The number of aryl methyl sites for hydroxylation is 2. The third kappa shape index (κ3) is 6.17. The average Bonchev–Trinajstić information content (AvgIpc) is 3.51. The van der Waals surface area contributed by atoms with Crippen LogP contribution in [0.2, 0.25) is 0 Å². The number of methoxy groups -OCH3 is 1. The zero-order valence-electron chi connectivity index (χ0n) is 26.6. The predicted octanol–water partition coefficient (Wildman–Crippen LogP) is 4.69. The summed E-state index contributed by atoms with van der Waals surface area (Å²) in [4.78, 5) is 34.1. The number of anilines is 6. The van der Waals surface area contributed by atoms with E-state index in [0.717, 1.165) is 49.4 Å². The number of carbonyl (C=O) groups is 1. The van der Waals surface area contributed by atoms with Crippen molar-refractivity contribution in [1.29, 1.82) is 0 Å². The molecular formula is C32H44N8O3. The van der Waals surface area contributed by atoms with Crippen LogP contribution in [0.15, 0.2) is 24.4 Å². The maximum Gasteiger partial charge on any atom is 0.343 e. The van der Waals surface area contributed by atoms with Gasteiger partial charge in [-0.2, -0.15) is 4.98 Å². The number of carbonyl (C=O) groups excluding carboxylic acids is 1. The number of nitrogens with two attached hydrogens (primary N) is 1. The molecular weight excluding hydrogens is 544 g/mol. The maximum absolute atomic E-state index is 13.3. The molecule has 3 heterocycles. The van der Waals surface area contributed by atoms with Gasteiger partial charge in [0.2, 0.25) is 5.95 Å². The fraction of sp³-hybridized carbons (Fsp3) is 0.500. The number of nitrogens with zero attached hydrogens (tertiary/aromatic N) is 6. The molecule has 43 heavy (non-hydrogen) atoms. The Hall–Kier alpha value is -4.12. The molecule has 3 aromatic rings. The topological polar surface area (TPSA) is 122 Å². The highest BCUT2D eigenvalue weighted by atomic mass is 16.5. The van der Waals surface area contributed by atoms with Gasteiger partial charge in [-0.25, -0.2) is 9.78 Å². The third-order valence-corrected chi connectivity index (χ3v) is 7.99. The van der Waals surface area contributed by atoms with E-state index >= 15 is 0 Å². The van der Waals surface area contributed by atoms with Gasteiger partial charge in [0, 0.05) is 50.1 Å². The number of hydrogen-bond acceptors (Lipinski definition) is 11. The number of fused-ring (bicyclic) bond motifs is 2. The van der Waals surface area contributed by atoms with E-state index in [-0.39, 0.29) is 11.5 Å². The van der Waals surface area contributed by atoms with Crippen LogP contribution in [0.5, 0.6) is 5.75 Å². The Balaban J connectivity index is 1.54. The van der Waals surface area contributed by atoms with Gasteiger partial charge in [-0.3, -0.25) is 4.98 Å². The number of nitrogens with one attached hydrogen (secondary N) is 1. The normalized spacial score (nSPS) is 15.1. The quantitative estimate of drug-likeness (QED) is 0.253. The van der Waals surface area contributed by atoms with Gasteiger partial charge in [0.1, 0.15) is 11.3 Å². The van der Waals surface area contributed by atoms with Gasteiger partial charge in [0.25, 0.3) is 0 Å². The van der Waals surface area contributed by atoms with Crippen LogP contribution in [0.1, 0.15) is 61.4 Å². The molecule has 0 spiro atoms. The first kappa shape index (κ1) is 30.3. The van der Waals surface area contributed by atoms with E-state index in [1.807, 2.05) is 47.1 Å². The number of rotatable bonds is 10. The Morgan fingerprint density at radius 2 is 1.91 bits per heavy atom. The van der Waals surface area contributed by atoms with Gasteiger partial charge in [-0.1, -0.05) is 13.8 Å². The molecule has 0 saturated heterocycles. The van der Waals surface area contributed by atoms with Crippen LogP contribution in [0, 0.1) is 0 Å². The molecule has 11 heteroatoms. The number of hydrogen-bond donors (Lipinski definition) is 2. The van der Waals surface area contributed by atoms with Gasteiger partial charge in [0.05, 0.1) is 41.7 Å². The van der Waals surface area contributed by atoms with Crippen LogP contribution < -0.4 is 25.6 Å². The molecule has 1 aromatic carbocycles. The highest BCUT2D eigenvalue weighted by molar-refractivity contribution is 5.96. The molecule has 5 rings (SSSR count). The van der Waals surface area contributed by atoms with Crippen molar-refractivity contribution in [1.82, 2.24) is 19.9 Å². The highest BCUT2D eigenvalue weighted by Gasteiger charge is 2.41. The van der Waals surface area contributed by atoms with Crippen molar-refractivity contribution in [2.75, 3.05) is 68.7 Å². The van der Waals surface area contributed by atoms with Crippen molar-refractivity contribution < 1.29 is 14.3 Å². The maximum atomic E-state index is 13.3. The first-order chi connectivity index (χ1) is 20.4. The first-order valence-electron chi connectivity index (χ1n) is 14.9. The van der Waals surface area contributed by atoms with Crippen molar-refractivity contribution in [3.8, 4) is 5.75 Å². The lowest BCUT2D eigenvalue weighted by Crippen LogP contribution is -2.29. The van der Waals surface area contributed by atoms with E-state index in [2.05, 4.69) is 44.9 Å². The number of nitrogen functional groups attached to an aromatic ring is 1. The zero-order chi connectivity index (χ0) is 31.1. The Morgan fingerprint density at radius 1 is 1.14 bits per heavy atom. The molecule has 0 bridgehead atoms. The minimum atomic E-state index is -0.469. The molecule has 2 aromatic heterocycles. The minimum absolute atomic E-state index is 0.239. The van der Waals surface area contributed by atoms with E-state index in [4.69, 9.17) is 25.2 Å². The smallest absolute Gasteiger partial charge is 0.343 e. The third-order valence-electron chi connectivity index (χ3n) is 7.99. The molecule has 230 valence electrons. The summed E-state index contributed by atoms with van der Waals surface area (Å²) in [7, 11) is 7.70. The lowest BCUT2D eigenvalue weighted by atomic mass is 9.91. The second-order valence-corrected chi connectivity index (χ2v) is 12.6. The molecule has 3 N–H and O–H groups in total. The molecule has 2 aliphatic rings. The Morgan fingerprint density at radius 3 is 2.60 bits per heavy atom. The summed E-state index contributed by atoms with van der Waals surface area (Å²) in [5.41, 5.74) is 13.1. The van der Waals surface area contributed by atoms with Crippen LogP contribution in [0.3, 0.4) is 0 Å². The summed E-state index contributed by atoms with van der Waals surface area (Å²) in [6, 6.07) is 5.96. The lowest BCUT2D eigenvalue weighted by Gasteiger charge is -2.25. The number of aromatic nitrogens is 3. The van der Waals surface area contributed by atoms with E-state index in [9.17, 15) is 4.79 Å². The second-order valence-electron chi connectivity index (χ2n) is 12.6. The van der Waals surface area contributed by atoms with Crippen LogP contribution in [-0.4, -0.2) is 79.8 Å². The fourth-order valence-corrected chi connectivity index (χ4v) is 5.74.